The Morgan fingerprint density at radius 3 is 2.30 bits per heavy atom. The first-order valence-corrected chi connectivity index (χ1v) is 6.27. The van der Waals surface area contributed by atoms with Gasteiger partial charge < -0.3 is 9.84 Å². The Labute approximate surface area is 119 Å². The fourth-order valence-electron chi connectivity index (χ4n) is 1.85. The lowest BCUT2D eigenvalue weighted by Gasteiger charge is -2.18. The van der Waals surface area contributed by atoms with Crippen molar-refractivity contribution in [2.24, 2.45) is 0 Å². The zero-order valence-electron chi connectivity index (χ0n) is 11.3. The van der Waals surface area contributed by atoms with Gasteiger partial charge in [-0.15, -0.1) is 6.42 Å². The Morgan fingerprint density at radius 2 is 1.75 bits per heavy atom. The van der Waals surface area contributed by atoms with Crippen LogP contribution in [0.25, 0.3) is 6.08 Å². The first-order valence-electron chi connectivity index (χ1n) is 6.27. The molecule has 0 radical (unpaired) electrons. The van der Waals surface area contributed by atoms with Crippen LogP contribution in [0.5, 0.6) is 5.75 Å². The normalized spacial score (nSPS) is 13.7. The highest BCUT2D eigenvalue weighted by molar-refractivity contribution is 5.54. The number of benzene rings is 2. The van der Waals surface area contributed by atoms with Crippen molar-refractivity contribution in [3.05, 3.63) is 71.8 Å². The van der Waals surface area contributed by atoms with Crippen LogP contribution in [0.2, 0.25) is 0 Å². The summed E-state index contributed by atoms with van der Waals surface area (Å²) in [6.07, 6.45) is 8.89. The number of methoxy groups -OCH3 is 1. The second-order valence-electron chi connectivity index (χ2n) is 4.38. The standard InChI is InChI=1S/C18H16O2/c1-3-18(19,16-7-5-4-6-8-16)14-13-15-9-11-17(20-2)12-10-15/h1,4-14,19H,2H3/b14-13+. The van der Waals surface area contributed by atoms with Crippen LogP contribution >= 0.6 is 0 Å². The second-order valence-corrected chi connectivity index (χ2v) is 4.38. The van der Waals surface area contributed by atoms with Gasteiger partial charge in [0.1, 0.15) is 5.75 Å². The zero-order valence-corrected chi connectivity index (χ0v) is 11.3. The Balaban J connectivity index is 2.25. The summed E-state index contributed by atoms with van der Waals surface area (Å²) in [6.45, 7) is 0. The first kappa shape index (κ1) is 13.9. The van der Waals surface area contributed by atoms with E-state index in [9.17, 15) is 5.11 Å². The van der Waals surface area contributed by atoms with Gasteiger partial charge in [-0.1, -0.05) is 54.5 Å². The number of ether oxygens (including phenoxy) is 1. The third-order valence-corrected chi connectivity index (χ3v) is 3.07. The molecule has 0 bridgehead atoms. The molecule has 0 aliphatic carbocycles. The van der Waals surface area contributed by atoms with Crippen LogP contribution < -0.4 is 4.74 Å². The van der Waals surface area contributed by atoms with Crippen LogP contribution in [0, 0.1) is 12.3 Å². The van der Waals surface area contributed by atoms with Crippen molar-refractivity contribution in [1.82, 2.24) is 0 Å². The van der Waals surface area contributed by atoms with Crippen LogP contribution in [0.3, 0.4) is 0 Å². The molecule has 2 aromatic carbocycles. The molecule has 20 heavy (non-hydrogen) atoms. The fraction of sp³-hybridized carbons (Fsp3) is 0.111. The van der Waals surface area contributed by atoms with Crippen molar-refractivity contribution < 1.29 is 9.84 Å². The highest BCUT2D eigenvalue weighted by Gasteiger charge is 2.22. The Kier molecular flexibility index (Phi) is 4.24. The van der Waals surface area contributed by atoms with Gasteiger partial charge in [0.25, 0.3) is 0 Å². The van der Waals surface area contributed by atoms with Gasteiger partial charge in [-0.3, -0.25) is 0 Å². The maximum atomic E-state index is 10.5. The van der Waals surface area contributed by atoms with Crippen molar-refractivity contribution >= 4 is 6.08 Å². The lowest BCUT2D eigenvalue weighted by atomic mass is 9.93. The molecule has 1 unspecified atom stereocenters. The summed E-state index contributed by atoms with van der Waals surface area (Å²) in [4.78, 5) is 0. The molecular weight excluding hydrogens is 248 g/mol. The number of hydrogen-bond donors (Lipinski definition) is 1. The minimum Gasteiger partial charge on any atom is -0.497 e. The maximum absolute atomic E-state index is 10.5. The van der Waals surface area contributed by atoms with Crippen molar-refractivity contribution in [2.45, 2.75) is 5.60 Å². The molecule has 2 aromatic rings. The summed E-state index contributed by atoms with van der Waals surface area (Å²) in [5.41, 5.74) is 0.212. The predicted octanol–water partition coefficient (Wildman–Crippen LogP) is 3.23. The number of hydrogen-bond acceptors (Lipinski definition) is 2. The second kappa shape index (κ2) is 6.10. The lowest BCUT2D eigenvalue weighted by Crippen LogP contribution is -2.19. The van der Waals surface area contributed by atoms with E-state index in [4.69, 9.17) is 11.2 Å². The molecule has 0 heterocycles. The summed E-state index contributed by atoms with van der Waals surface area (Å²) in [5.74, 6) is 3.22. The van der Waals surface area contributed by atoms with Crippen LogP contribution in [0.1, 0.15) is 11.1 Å². The molecule has 0 aliphatic rings. The third kappa shape index (κ3) is 3.09. The molecule has 2 rings (SSSR count). The monoisotopic (exact) mass is 264 g/mol. The van der Waals surface area contributed by atoms with Gasteiger partial charge in [0.15, 0.2) is 5.60 Å². The molecular formula is C18H16O2. The van der Waals surface area contributed by atoms with Crippen LogP contribution in [-0.2, 0) is 5.60 Å². The van der Waals surface area contributed by atoms with E-state index in [1.165, 1.54) is 0 Å². The molecule has 0 spiro atoms. The SMILES string of the molecule is C#CC(O)(/C=C/c1ccc(OC)cc1)c1ccccc1. The molecule has 0 saturated heterocycles. The fourth-order valence-corrected chi connectivity index (χ4v) is 1.85. The minimum absolute atomic E-state index is 0.673. The molecule has 0 aliphatic heterocycles. The van der Waals surface area contributed by atoms with Crippen LogP contribution in [0.4, 0.5) is 0 Å². The van der Waals surface area contributed by atoms with Gasteiger partial charge in [0, 0.05) is 0 Å². The molecule has 0 saturated carbocycles. The largest absolute Gasteiger partial charge is 0.497 e. The van der Waals surface area contributed by atoms with E-state index in [-0.39, 0.29) is 0 Å². The first-order chi connectivity index (χ1) is 9.68. The molecule has 0 aromatic heterocycles. The van der Waals surface area contributed by atoms with E-state index >= 15 is 0 Å². The third-order valence-electron chi connectivity index (χ3n) is 3.07. The molecule has 2 heteroatoms. The van der Waals surface area contributed by atoms with Gasteiger partial charge in [-0.05, 0) is 29.3 Å². The molecule has 1 atom stereocenters. The van der Waals surface area contributed by atoms with Crippen molar-refractivity contribution in [1.29, 1.82) is 0 Å². The summed E-state index contributed by atoms with van der Waals surface area (Å²) < 4.78 is 5.10. The predicted molar refractivity (Wildman–Crippen MR) is 81.2 cm³/mol. The number of terminal acetylenes is 1. The molecule has 2 nitrogen and oxygen atoms in total. The summed E-state index contributed by atoms with van der Waals surface area (Å²) in [7, 11) is 1.62. The highest BCUT2D eigenvalue weighted by Crippen LogP contribution is 2.23. The summed E-state index contributed by atoms with van der Waals surface area (Å²) >= 11 is 0. The van der Waals surface area contributed by atoms with Crippen LogP contribution in [-0.4, -0.2) is 12.2 Å². The topological polar surface area (TPSA) is 29.5 Å². The molecule has 0 fully saturated rings. The van der Waals surface area contributed by atoms with Gasteiger partial charge in [-0.2, -0.15) is 0 Å². The summed E-state index contributed by atoms with van der Waals surface area (Å²) in [6, 6.07) is 16.7. The zero-order chi connectivity index (χ0) is 14.4. The van der Waals surface area contributed by atoms with E-state index in [1.54, 1.807) is 31.4 Å². The average molecular weight is 264 g/mol. The van der Waals surface area contributed by atoms with E-state index in [2.05, 4.69) is 5.92 Å². The lowest BCUT2D eigenvalue weighted by molar-refractivity contribution is 0.155. The smallest absolute Gasteiger partial charge is 0.169 e. The van der Waals surface area contributed by atoms with Crippen molar-refractivity contribution in [3.8, 4) is 18.1 Å². The quantitative estimate of drug-likeness (QED) is 0.859. The van der Waals surface area contributed by atoms with Crippen molar-refractivity contribution in [3.63, 3.8) is 0 Å². The van der Waals surface area contributed by atoms with Gasteiger partial charge in [-0.25, -0.2) is 0 Å². The van der Waals surface area contributed by atoms with Gasteiger partial charge >= 0.3 is 0 Å². The minimum atomic E-state index is -1.40. The van der Waals surface area contributed by atoms with Gasteiger partial charge in [0.2, 0.25) is 0 Å². The Morgan fingerprint density at radius 1 is 1.10 bits per heavy atom. The van der Waals surface area contributed by atoms with E-state index in [0.717, 1.165) is 11.3 Å². The van der Waals surface area contributed by atoms with Gasteiger partial charge in [0.05, 0.1) is 7.11 Å². The maximum Gasteiger partial charge on any atom is 0.169 e. The summed E-state index contributed by atoms with van der Waals surface area (Å²) in [5, 5.41) is 10.5. The van der Waals surface area contributed by atoms with Crippen LogP contribution in [0.15, 0.2) is 60.7 Å². The highest BCUT2D eigenvalue weighted by atomic mass is 16.5. The van der Waals surface area contributed by atoms with E-state index < -0.39 is 5.60 Å². The van der Waals surface area contributed by atoms with E-state index in [1.807, 2.05) is 42.5 Å². The molecule has 100 valence electrons. The van der Waals surface area contributed by atoms with E-state index in [0.29, 0.717) is 5.56 Å². The molecule has 1 N–H and O–H groups in total. The number of aliphatic hydroxyl groups is 1. The van der Waals surface area contributed by atoms with Crippen molar-refractivity contribution in [2.75, 3.05) is 7.11 Å². The molecule has 0 amide bonds. The Bertz CT molecular complexity index is 621. The average Bonchev–Trinajstić information content (AvgIpc) is 2.54. The Hall–Kier alpha value is -2.50. The number of rotatable bonds is 4.